The summed E-state index contributed by atoms with van der Waals surface area (Å²) in [6.45, 7) is 0.200. The van der Waals surface area contributed by atoms with E-state index in [4.69, 9.17) is 14.2 Å². The number of aryl methyl sites for hydroxylation is 1. The minimum absolute atomic E-state index is 0.200. The number of hydrogen-bond donors (Lipinski definition) is 0. The highest BCUT2D eigenvalue weighted by molar-refractivity contribution is 7.14. The Kier molecular flexibility index (Phi) is 6.25. The Hall–Kier alpha value is -2.38. The molecule has 0 atom stereocenters. The second-order valence-corrected chi connectivity index (χ2v) is 7.14. The molecule has 2 heterocycles. The van der Waals surface area contributed by atoms with Crippen molar-refractivity contribution in [3.8, 4) is 22.1 Å². The Balaban J connectivity index is 1.49. The number of esters is 1. The van der Waals surface area contributed by atoms with Crippen LogP contribution in [0.15, 0.2) is 40.4 Å². The summed E-state index contributed by atoms with van der Waals surface area (Å²) in [6.07, 6.45) is 0.882. The first-order valence-electron chi connectivity index (χ1n) is 8.03. The smallest absolute Gasteiger partial charge is 0.306 e. The quantitative estimate of drug-likeness (QED) is 0.529. The molecule has 0 bridgehead atoms. The number of ether oxygens (including phenoxy) is 3. The first-order chi connectivity index (χ1) is 12.7. The molecule has 26 heavy (non-hydrogen) atoms. The molecule has 0 amide bonds. The Labute approximate surface area is 160 Å². The molecule has 0 aliphatic carbocycles. The first kappa shape index (κ1) is 18.4. The number of carbonyl (C=O) groups excluding carboxylic acids is 1. The molecule has 3 aromatic rings. The van der Waals surface area contributed by atoms with Gasteiger partial charge in [-0.3, -0.25) is 4.79 Å². The molecule has 1 aromatic carbocycles. The first-order valence-corrected chi connectivity index (χ1v) is 9.85. The minimum atomic E-state index is -0.245. The van der Waals surface area contributed by atoms with Crippen LogP contribution >= 0.6 is 22.7 Å². The molecule has 0 saturated carbocycles. The van der Waals surface area contributed by atoms with Gasteiger partial charge in [-0.1, -0.05) is 6.07 Å². The van der Waals surface area contributed by atoms with Crippen LogP contribution in [0, 0.1) is 0 Å². The van der Waals surface area contributed by atoms with Crippen molar-refractivity contribution in [3.63, 3.8) is 0 Å². The Morgan fingerprint density at radius 1 is 1.12 bits per heavy atom. The molecular weight excluding hydrogens is 370 g/mol. The number of aromatic nitrogens is 1. The molecule has 0 unspecified atom stereocenters. The van der Waals surface area contributed by atoms with Gasteiger partial charge in [-0.2, -0.15) is 11.3 Å². The van der Waals surface area contributed by atoms with E-state index in [1.165, 1.54) is 0 Å². The fourth-order valence-corrected chi connectivity index (χ4v) is 3.92. The molecule has 7 heteroatoms. The standard InChI is InChI=1S/C19H19NO4S2/c1-22-16-5-3-13(9-17(16)23-2)4-6-18(21)24-10-15-12-26-19(20-15)14-7-8-25-11-14/h3,5,7-9,11-12H,4,6,10H2,1-2H3. The highest BCUT2D eigenvalue weighted by atomic mass is 32.1. The second kappa shape index (κ2) is 8.82. The maximum absolute atomic E-state index is 12.0. The molecule has 3 rings (SSSR count). The van der Waals surface area contributed by atoms with E-state index in [1.54, 1.807) is 36.9 Å². The molecule has 0 radical (unpaired) electrons. The third kappa shape index (κ3) is 4.62. The van der Waals surface area contributed by atoms with E-state index in [1.807, 2.05) is 35.0 Å². The van der Waals surface area contributed by atoms with Crippen LogP contribution in [0.4, 0.5) is 0 Å². The van der Waals surface area contributed by atoms with Crippen molar-refractivity contribution >= 4 is 28.6 Å². The van der Waals surface area contributed by atoms with Gasteiger partial charge < -0.3 is 14.2 Å². The van der Waals surface area contributed by atoms with Gasteiger partial charge in [0.2, 0.25) is 0 Å². The molecule has 0 N–H and O–H groups in total. The number of nitrogens with zero attached hydrogens (tertiary/aromatic N) is 1. The van der Waals surface area contributed by atoms with Gasteiger partial charge >= 0.3 is 5.97 Å². The fraction of sp³-hybridized carbons (Fsp3) is 0.263. The number of thiophene rings is 1. The third-order valence-corrected chi connectivity index (χ3v) is 5.39. The van der Waals surface area contributed by atoms with Gasteiger partial charge in [0, 0.05) is 22.7 Å². The van der Waals surface area contributed by atoms with Crippen molar-refractivity contribution < 1.29 is 19.0 Å². The van der Waals surface area contributed by atoms with Crippen LogP contribution in [0.1, 0.15) is 17.7 Å². The summed E-state index contributed by atoms with van der Waals surface area (Å²) < 4.78 is 15.8. The molecule has 0 saturated heterocycles. The van der Waals surface area contributed by atoms with Crippen LogP contribution in [0.5, 0.6) is 11.5 Å². The van der Waals surface area contributed by atoms with Gasteiger partial charge in [-0.15, -0.1) is 11.3 Å². The van der Waals surface area contributed by atoms with Gasteiger partial charge in [0.15, 0.2) is 11.5 Å². The van der Waals surface area contributed by atoms with Crippen LogP contribution in [0.2, 0.25) is 0 Å². The maximum atomic E-state index is 12.0. The van der Waals surface area contributed by atoms with Gasteiger partial charge in [-0.05, 0) is 35.6 Å². The van der Waals surface area contributed by atoms with E-state index in [0.29, 0.717) is 24.3 Å². The zero-order valence-corrected chi connectivity index (χ0v) is 16.2. The average Bonchev–Trinajstić information content (AvgIpc) is 3.35. The summed E-state index contributed by atoms with van der Waals surface area (Å²) in [5.41, 5.74) is 2.87. The van der Waals surface area contributed by atoms with Crippen molar-refractivity contribution in [1.29, 1.82) is 0 Å². The predicted molar refractivity (Wildman–Crippen MR) is 103 cm³/mol. The monoisotopic (exact) mass is 389 g/mol. The number of carbonyl (C=O) groups is 1. The molecule has 5 nitrogen and oxygen atoms in total. The Morgan fingerprint density at radius 2 is 1.96 bits per heavy atom. The number of benzene rings is 1. The van der Waals surface area contributed by atoms with E-state index in [-0.39, 0.29) is 12.6 Å². The SMILES string of the molecule is COc1ccc(CCC(=O)OCc2csc(-c3ccsc3)n2)cc1OC. The predicted octanol–water partition coefficient (Wildman–Crippen LogP) is 4.56. The lowest BCUT2D eigenvalue weighted by atomic mass is 10.1. The zero-order chi connectivity index (χ0) is 18.4. The summed E-state index contributed by atoms with van der Waals surface area (Å²) in [5.74, 6) is 1.08. The number of thiazole rings is 1. The van der Waals surface area contributed by atoms with E-state index >= 15 is 0 Å². The van der Waals surface area contributed by atoms with E-state index in [9.17, 15) is 4.79 Å². The van der Waals surface area contributed by atoms with Gasteiger partial charge in [0.05, 0.1) is 19.9 Å². The lowest BCUT2D eigenvalue weighted by Crippen LogP contribution is -2.06. The van der Waals surface area contributed by atoms with E-state index in [2.05, 4.69) is 10.4 Å². The third-order valence-electron chi connectivity index (χ3n) is 3.77. The van der Waals surface area contributed by atoms with E-state index in [0.717, 1.165) is 21.8 Å². The molecule has 2 aromatic heterocycles. The van der Waals surface area contributed by atoms with Crippen molar-refractivity contribution in [2.75, 3.05) is 14.2 Å². The minimum Gasteiger partial charge on any atom is -0.493 e. The second-order valence-electron chi connectivity index (χ2n) is 5.51. The average molecular weight is 389 g/mol. The summed E-state index contributed by atoms with van der Waals surface area (Å²) in [6, 6.07) is 7.66. The van der Waals surface area contributed by atoms with Crippen LogP contribution in [0.25, 0.3) is 10.6 Å². The largest absolute Gasteiger partial charge is 0.493 e. The topological polar surface area (TPSA) is 57.7 Å². The van der Waals surface area contributed by atoms with Crippen molar-refractivity contribution in [1.82, 2.24) is 4.98 Å². The summed E-state index contributed by atoms with van der Waals surface area (Å²) in [4.78, 5) is 16.5. The Morgan fingerprint density at radius 3 is 2.69 bits per heavy atom. The van der Waals surface area contributed by atoms with Gasteiger partial charge in [0.25, 0.3) is 0 Å². The van der Waals surface area contributed by atoms with E-state index < -0.39 is 0 Å². The zero-order valence-electron chi connectivity index (χ0n) is 14.6. The maximum Gasteiger partial charge on any atom is 0.306 e. The highest BCUT2D eigenvalue weighted by Crippen LogP contribution is 2.28. The lowest BCUT2D eigenvalue weighted by Gasteiger charge is -2.09. The molecule has 0 fully saturated rings. The van der Waals surface area contributed by atoms with Crippen LogP contribution in [-0.2, 0) is 22.6 Å². The molecule has 0 spiro atoms. The number of hydrogen-bond acceptors (Lipinski definition) is 7. The van der Waals surface area contributed by atoms with Crippen molar-refractivity contribution in [2.45, 2.75) is 19.4 Å². The highest BCUT2D eigenvalue weighted by Gasteiger charge is 2.10. The number of methoxy groups -OCH3 is 2. The van der Waals surface area contributed by atoms with Gasteiger partial charge in [-0.25, -0.2) is 4.98 Å². The Bertz CT molecular complexity index is 858. The molecule has 136 valence electrons. The van der Waals surface area contributed by atoms with Crippen LogP contribution in [0.3, 0.4) is 0 Å². The normalized spacial score (nSPS) is 10.5. The summed E-state index contributed by atoms with van der Waals surface area (Å²) >= 11 is 3.19. The molecule has 0 aliphatic heterocycles. The molecule has 0 aliphatic rings. The summed E-state index contributed by atoms with van der Waals surface area (Å²) in [5, 5.41) is 6.94. The lowest BCUT2D eigenvalue weighted by molar-refractivity contribution is -0.145. The van der Waals surface area contributed by atoms with Crippen LogP contribution in [-0.4, -0.2) is 25.2 Å². The number of rotatable bonds is 8. The van der Waals surface area contributed by atoms with Crippen LogP contribution < -0.4 is 9.47 Å². The summed E-state index contributed by atoms with van der Waals surface area (Å²) in [7, 11) is 3.19. The van der Waals surface area contributed by atoms with Gasteiger partial charge in [0.1, 0.15) is 11.6 Å². The van der Waals surface area contributed by atoms with Crippen molar-refractivity contribution in [3.05, 3.63) is 51.7 Å². The van der Waals surface area contributed by atoms with Crippen molar-refractivity contribution in [2.24, 2.45) is 0 Å². The fourth-order valence-electron chi connectivity index (χ4n) is 2.40. The molecular formula is C19H19NO4S2.